The van der Waals surface area contributed by atoms with Crippen molar-refractivity contribution >= 4 is 15.0 Å². The first-order valence-corrected chi connectivity index (χ1v) is 4.10. The Morgan fingerprint density at radius 1 is 1.50 bits per heavy atom. The summed E-state index contributed by atoms with van der Waals surface area (Å²) < 4.78 is 20.4. The van der Waals surface area contributed by atoms with E-state index in [0.717, 1.165) is 6.26 Å². The van der Waals surface area contributed by atoms with Gasteiger partial charge in [-0.3, -0.25) is 4.79 Å². The first kappa shape index (κ1) is 7.62. The van der Waals surface area contributed by atoms with Crippen molar-refractivity contribution in [1.29, 1.82) is 0 Å². The predicted molar refractivity (Wildman–Crippen MR) is 30.1 cm³/mol. The van der Waals surface area contributed by atoms with Crippen molar-refractivity contribution in [3.05, 3.63) is 0 Å². The van der Waals surface area contributed by atoms with Crippen LogP contribution in [-0.4, -0.2) is 19.8 Å². The Morgan fingerprint density at radius 3 is 1.88 bits per heavy atom. The average molecular weight is 136 g/mol. The second kappa shape index (κ2) is 2.26. The Labute approximate surface area is 48.6 Å². The van der Waals surface area contributed by atoms with Crippen molar-refractivity contribution in [2.24, 2.45) is 0 Å². The number of hydrogen-bond donors (Lipinski definition) is 0. The van der Waals surface area contributed by atoms with Crippen LogP contribution in [0.4, 0.5) is 0 Å². The monoisotopic (exact) mass is 136 g/mol. The normalized spacial score (nSPS) is 11.2. The Balaban J connectivity index is 4.29. The summed E-state index contributed by atoms with van der Waals surface area (Å²) in [5.41, 5.74) is 0. The third kappa shape index (κ3) is 2.07. The second-order valence-corrected chi connectivity index (χ2v) is 3.50. The molecule has 8 heavy (non-hydrogen) atoms. The Kier molecular flexibility index (Phi) is 2.15. The maximum atomic E-state index is 10.2. The smallest absolute Gasteiger partial charge is 0.245 e. The van der Waals surface area contributed by atoms with Crippen molar-refractivity contribution in [1.82, 2.24) is 0 Å². The standard InChI is InChI=1S/C4H8O3S/c1-3-4(5)8(2,6)7/h3H2,1-2H3. The van der Waals surface area contributed by atoms with Crippen molar-refractivity contribution in [3.8, 4) is 0 Å². The van der Waals surface area contributed by atoms with Gasteiger partial charge in [0.25, 0.3) is 0 Å². The minimum atomic E-state index is -3.39. The maximum absolute atomic E-state index is 10.2. The van der Waals surface area contributed by atoms with E-state index in [9.17, 15) is 13.2 Å². The van der Waals surface area contributed by atoms with Gasteiger partial charge in [0.2, 0.25) is 15.0 Å². The van der Waals surface area contributed by atoms with Crippen molar-refractivity contribution < 1.29 is 13.2 Å². The summed E-state index contributed by atoms with van der Waals surface area (Å²) in [5.74, 6) is 0. The maximum Gasteiger partial charge on any atom is 0.245 e. The minimum Gasteiger partial charge on any atom is -0.282 e. The van der Waals surface area contributed by atoms with Crippen LogP contribution in [-0.2, 0) is 14.6 Å². The summed E-state index contributed by atoms with van der Waals surface area (Å²) in [5, 5.41) is -0.697. The van der Waals surface area contributed by atoms with Gasteiger partial charge in [-0.2, -0.15) is 0 Å². The van der Waals surface area contributed by atoms with E-state index >= 15 is 0 Å². The molecular weight excluding hydrogens is 128 g/mol. The summed E-state index contributed by atoms with van der Waals surface area (Å²) in [6, 6.07) is 0. The number of carbonyl (C=O) groups excluding carboxylic acids is 1. The summed E-state index contributed by atoms with van der Waals surface area (Å²) in [6.45, 7) is 1.52. The van der Waals surface area contributed by atoms with Gasteiger partial charge in [0.15, 0.2) is 0 Å². The lowest BCUT2D eigenvalue weighted by Crippen LogP contribution is -2.09. The molecule has 0 saturated heterocycles. The molecule has 0 N–H and O–H groups in total. The van der Waals surface area contributed by atoms with Crippen LogP contribution in [0.2, 0.25) is 0 Å². The molecule has 0 aliphatic rings. The van der Waals surface area contributed by atoms with E-state index in [4.69, 9.17) is 0 Å². The van der Waals surface area contributed by atoms with E-state index in [0.29, 0.717) is 0 Å². The molecule has 0 saturated carbocycles. The lowest BCUT2D eigenvalue weighted by atomic mass is 10.6. The van der Waals surface area contributed by atoms with Crippen LogP contribution < -0.4 is 0 Å². The van der Waals surface area contributed by atoms with Crippen LogP contribution in [0.5, 0.6) is 0 Å². The molecule has 0 aromatic carbocycles. The second-order valence-electron chi connectivity index (χ2n) is 1.50. The molecule has 0 radical (unpaired) electrons. The molecule has 0 amide bonds. The van der Waals surface area contributed by atoms with E-state index in [2.05, 4.69) is 0 Å². The quantitative estimate of drug-likeness (QED) is 0.508. The topological polar surface area (TPSA) is 51.2 Å². The van der Waals surface area contributed by atoms with Gasteiger partial charge in [-0.05, 0) is 0 Å². The largest absolute Gasteiger partial charge is 0.282 e. The third-order valence-electron chi connectivity index (χ3n) is 0.702. The van der Waals surface area contributed by atoms with Crippen molar-refractivity contribution in [2.75, 3.05) is 6.26 Å². The zero-order valence-electron chi connectivity index (χ0n) is 4.84. The van der Waals surface area contributed by atoms with E-state index in [1.165, 1.54) is 6.92 Å². The molecule has 0 fully saturated rings. The molecule has 4 heteroatoms. The van der Waals surface area contributed by atoms with E-state index < -0.39 is 15.0 Å². The molecule has 0 aliphatic carbocycles. The van der Waals surface area contributed by atoms with Crippen LogP contribution in [0.15, 0.2) is 0 Å². The van der Waals surface area contributed by atoms with Gasteiger partial charge in [-0.25, -0.2) is 8.42 Å². The predicted octanol–water partition coefficient (Wildman–Crippen LogP) is -0.0324. The molecule has 0 aromatic rings. The Morgan fingerprint density at radius 2 is 1.88 bits per heavy atom. The molecule has 0 bridgehead atoms. The molecule has 0 spiro atoms. The van der Waals surface area contributed by atoms with Crippen LogP contribution in [0.3, 0.4) is 0 Å². The third-order valence-corrected chi connectivity index (χ3v) is 1.82. The molecule has 0 aromatic heterocycles. The summed E-state index contributed by atoms with van der Waals surface area (Å²) in [4.78, 5) is 10.2. The molecule has 0 unspecified atom stereocenters. The van der Waals surface area contributed by atoms with Gasteiger partial charge in [-0.15, -0.1) is 0 Å². The molecule has 48 valence electrons. The molecule has 0 aliphatic heterocycles. The highest BCUT2D eigenvalue weighted by Gasteiger charge is 2.10. The lowest BCUT2D eigenvalue weighted by molar-refractivity contribution is -0.111. The molecule has 0 atom stereocenters. The Hall–Kier alpha value is -0.380. The Bertz CT molecular complexity index is 177. The van der Waals surface area contributed by atoms with Crippen LogP contribution in [0.1, 0.15) is 13.3 Å². The highest BCUT2D eigenvalue weighted by atomic mass is 32.2. The van der Waals surface area contributed by atoms with Crippen molar-refractivity contribution in [3.63, 3.8) is 0 Å². The highest BCUT2D eigenvalue weighted by molar-refractivity contribution is 8.05. The SMILES string of the molecule is CCC(=O)S(C)(=O)=O. The van der Waals surface area contributed by atoms with Crippen molar-refractivity contribution in [2.45, 2.75) is 13.3 Å². The fourth-order valence-electron chi connectivity index (χ4n) is 0.262. The molecule has 0 heterocycles. The van der Waals surface area contributed by atoms with Gasteiger partial charge >= 0.3 is 0 Å². The number of rotatable bonds is 1. The number of carbonyl (C=O) groups is 1. The minimum absolute atomic E-state index is 0.0683. The fraction of sp³-hybridized carbons (Fsp3) is 0.750. The summed E-state index contributed by atoms with van der Waals surface area (Å²) >= 11 is 0. The van der Waals surface area contributed by atoms with Crippen LogP contribution in [0.25, 0.3) is 0 Å². The van der Waals surface area contributed by atoms with E-state index in [-0.39, 0.29) is 6.42 Å². The number of sulfone groups is 1. The van der Waals surface area contributed by atoms with Crippen LogP contribution >= 0.6 is 0 Å². The van der Waals surface area contributed by atoms with E-state index in [1.54, 1.807) is 0 Å². The van der Waals surface area contributed by atoms with Gasteiger partial charge < -0.3 is 0 Å². The average Bonchev–Trinajstić information content (AvgIpc) is 1.62. The highest BCUT2D eigenvalue weighted by Crippen LogP contribution is 1.88. The lowest BCUT2D eigenvalue weighted by Gasteiger charge is -1.87. The van der Waals surface area contributed by atoms with Gasteiger partial charge in [-0.1, -0.05) is 6.92 Å². The summed E-state index contributed by atoms with van der Waals surface area (Å²) in [6.07, 6.45) is 0.984. The zero-order valence-corrected chi connectivity index (χ0v) is 5.66. The first-order chi connectivity index (χ1) is 3.48. The fourth-order valence-corrected chi connectivity index (χ4v) is 0.787. The summed E-state index contributed by atoms with van der Waals surface area (Å²) in [7, 11) is -3.39. The molecular formula is C4H8O3S. The van der Waals surface area contributed by atoms with Gasteiger partial charge in [0.05, 0.1) is 0 Å². The first-order valence-electron chi connectivity index (χ1n) is 2.21. The molecule has 0 rings (SSSR count). The van der Waals surface area contributed by atoms with Gasteiger partial charge in [0, 0.05) is 12.7 Å². The zero-order chi connectivity index (χ0) is 6.78. The number of hydrogen-bond acceptors (Lipinski definition) is 3. The van der Waals surface area contributed by atoms with Gasteiger partial charge in [0.1, 0.15) is 0 Å². The molecule has 3 nitrogen and oxygen atoms in total. The van der Waals surface area contributed by atoms with E-state index in [1.807, 2.05) is 0 Å². The van der Waals surface area contributed by atoms with Crippen LogP contribution in [0, 0.1) is 0 Å².